The fraction of sp³-hybridized carbons (Fsp3) is 0.400. The lowest BCUT2D eigenvalue weighted by atomic mass is 10.2. The number of amides is 1. The molecule has 0 aliphatic carbocycles. The van der Waals surface area contributed by atoms with Crippen molar-refractivity contribution in [2.45, 2.75) is 13.0 Å². The van der Waals surface area contributed by atoms with Crippen LogP contribution in [-0.4, -0.2) is 45.0 Å². The first-order chi connectivity index (χ1) is 10.5. The van der Waals surface area contributed by atoms with Crippen molar-refractivity contribution in [3.05, 3.63) is 52.0 Å². The molecule has 116 valence electrons. The largest absolute Gasteiger partial charge is 0.367 e. The van der Waals surface area contributed by atoms with Crippen LogP contribution in [0.1, 0.15) is 28.0 Å². The van der Waals surface area contributed by atoms with Crippen molar-refractivity contribution >= 4 is 5.91 Å². The van der Waals surface area contributed by atoms with Crippen molar-refractivity contribution in [3.63, 3.8) is 0 Å². The number of hydrogen-bond donors (Lipinski definition) is 1. The van der Waals surface area contributed by atoms with Crippen molar-refractivity contribution in [2.75, 3.05) is 19.7 Å². The van der Waals surface area contributed by atoms with E-state index in [0.717, 1.165) is 11.5 Å². The Labute approximate surface area is 127 Å². The fourth-order valence-electron chi connectivity index (χ4n) is 2.50. The van der Waals surface area contributed by atoms with E-state index < -0.39 is 0 Å². The first kappa shape index (κ1) is 14.5. The summed E-state index contributed by atoms with van der Waals surface area (Å²) in [7, 11) is 1.63. The van der Waals surface area contributed by atoms with Crippen LogP contribution in [0.15, 0.2) is 29.3 Å². The lowest BCUT2D eigenvalue weighted by Crippen LogP contribution is -2.42. The molecule has 0 aromatic carbocycles. The molecular weight excluding hydrogens is 284 g/mol. The number of morpholine rings is 1. The smallest absolute Gasteiger partial charge is 0.255 e. The van der Waals surface area contributed by atoms with Gasteiger partial charge in [-0.15, -0.1) is 0 Å². The minimum atomic E-state index is -0.251. The number of aromatic nitrogens is 3. The SMILES string of the molecule is Cc1cnc([C@@H]2CN(C(=O)c3ccc(=O)n(C)c3)CCO2)[nH]1. The molecule has 1 saturated heterocycles. The molecule has 2 aromatic heterocycles. The molecule has 3 rings (SSSR count). The Kier molecular flexibility index (Phi) is 3.81. The molecule has 0 spiro atoms. The van der Waals surface area contributed by atoms with Crippen molar-refractivity contribution in [1.29, 1.82) is 0 Å². The molecule has 1 fully saturated rings. The first-order valence-electron chi connectivity index (χ1n) is 7.13. The van der Waals surface area contributed by atoms with E-state index in [1.807, 2.05) is 6.92 Å². The van der Waals surface area contributed by atoms with E-state index in [4.69, 9.17) is 4.74 Å². The zero-order valence-electron chi connectivity index (χ0n) is 12.6. The van der Waals surface area contributed by atoms with E-state index in [2.05, 4.69) is 9.97 Å². The van der Waals surface area contributed by atoms with Gasteiger partial charge in [-0.3, -0.25) is 9.59 Å². The molecule has 7 heteroatoms. The summed E-state index contributed by atoms with van der Waals surface area (Å²) in [6.45, 7) is 3.35. The van der Waals surface area contributed by atoms with Crippen LogP contribution in [0.4, 0.5) is 0 Å². The lowest BCUT2D eigenvalue weighted by molar-refractivity contribution is -0.0265. The number of hydrogen-bond acceptors (Lipinski definition) is 4. The highest BCUT2D eigenvalue weighted by atomic mass is 16.5. The van der Waals surface area contributed by atoms with Gasteiger partial charge in [0.1, 0.15) is 11.9 Å². The van der Waals surface area contributed by atoms with Crippen LogP contribution >= 0.6 is 0 Å². The Hall–Kier alpha value is -2.41. The van der Waals surface area contributed by atoms with Crippen LogP contribution in [0.25, 0.3) is 0 Å². The summed E-state index contributed by atoms with van der Waals surface area (Å²) >= 11 is 0. The second kappa shape index (κ2) is 5.76. The average molecular weight is 302 g/mol. The molecule has 1 aliphatic heterocycles. The Balaban J connectivity index is 1.77. The van der Waals surface area contributed by atoms with Crippen molar-refractivity contribution in [3.8, 4) is 0 Å². The van der Waals surface area contributed by atoms with Crippen LogP contribution in [-0.2, 0) is 11.8 Å². The van der Waals surface area contributed by atoms with Gasteiger partial charge in [-0.1, -0.05) is 0 Å². The zero-order valence-corrected chi connectivity index (χ0v) is 12.6. The number of aromatic amines is 1. The van der Waals surface area contributed by atoms with Crippen molar-refractivity contribution in [2.24, 2.45) is 7.05 Å². The summed E-state index contributed by atoms with van der Waals surface area (Å²) in [5.41, 5.74) is 1.32. The molecule has 0 bridgehead atoms. The van der Waals surface area contributed by atoms with Gasteiger partial charge in [0.25, 0.3) is 5.91 Å². The maximum absolute atomic E-state index is 12.6. The van der Waals surface area contributed by atoms with E-state index in [1.54, 1.807) is 30.4 Å². The highest BCUT2D eigenvalue weighted by Gasteiger charge is 2.27. The van der Waals surface area contributed by atoms with Gasteiger partial charge in [0.2, 0.25) is 5.56 Å². The molecule has 2 aromatic rings. The number of rotatable bonds is 2. The van der Waals surface area contributed by atoms with E-state index in [0.29, 0.717) is 25.3 Å². The topological polar surface area (TPSA) is 80.2 Å². The lowest BCUT2D eigenvalue weighted by Gasteiger charge is -2.32. The van der Waals surface area contributed by atoms with E-state index in [1.165, 1.54) is 10.6 Å². The summed E-state index contributed by atoms with van der Waals surface area (Å²) < 4.78 is 7.10. The molecule has 3 heterocycles. The van der Waals surface area contributed by atoms with Gasteiger partial charge >= 0.3 is 0 Å². The highest BCUT2D eigenvalue weighted by Crippen LogP contribution is 2.20. The number of aryl methyl sites for hydroxylation is 2. The van der Waals surface area contributed by atoms with Crippen molar-refractivity contribution in [1.82, 2.24) is 19.4 Å². The predicted molar refractivity (Wildman–Crippen MR) is 79.6 cm³/mol. The first-order valence-corrected chi connectivity index (χ1v) is 7.13. The van der Waals surface area contributed by atoms with Crippen LogP contribution < -0.4 is 5.56 Å². The normalized spacial score (nSPS) is 18.5. The zero-order chi connectivity index (χ0) is 15.7. The van der Waals surface area contributed by atoms with Gasteiger partial charge in [0.05, 0.1) is 18.7 Å². The Bertz CT molecular complexity index is 749. The number of imidazole rings is 1. The third-order valence-electron chi connectivity index (χ3n) is 3.71. The Morgan fingerprint density at radius 3 is 2.95 bits per heavy atom. The van der Waals surface area contributed by atoms with Gasteiger partial charge in [0.15, 0.2) is 0 Å². The third kappa shape index (κ3) is 2.80. The number of carbonyl (C=O) groups is 1. The highest BCUT2D eigenvalue weighted by molar-refractivity contribution is 5.94. The number of pyridine rings is 1. The molecule has 7 nitrogen and oxygen atoms in total. The summed E-state index contributed by atoms with van der Waals surface area (Å²) in [6.07, 6.45) is 3.05. The van der Waals surface area contributed by atoms with Gasteiger partial charge in [-0.2, -0.15) is 0 Å². The second-order valence-corrected chi connectivity index (χ2v) is 5.43. The molecule has 0 radical (unpaired) electrons. The minimum Gasteiger partial charge on any atom is -0.367 e. The molecule has 1 N–H and O–H groups in total. The summed E-state index contributed by atoms with van der Waals surface area (Å²) in [6, 6.07) is 2.97. The second-order valence-electron chi connectivity index (χ2n) is 5.43. The summed E-state index contributed by atoms with van der Waals surface area (Å²) in [5, 5.41) is 0. The molecule has 22 heavy (non-hydrogen) atoms. The maximum atomic E-state index is 12.6. The summed E-state index contributed by atoms with van der Waals surface area (Å²) in [5.74, 6) is 0.627. The van der Waals surface area contributed by atoms with Crippen molar-refractivity contribution < 1.29 is 9.53 Å². The number of ether oxygens (including phenoxy) is 1. The molecule has 1 atom stereocenters. The average Bonchev–Trinajstić information content (AvgIpc) is 2.96. The number of H-pyrrole nitrogens is 1. The number of nitrogens with zero attached hydrogens (tertiary/aromatic N) is 3. The molecule has 1 amide bonds. The van der Waals surface area contributed by atoms with Gasteiger partial charge in [-0.25, -0.2) is 4.98 Å². The summed E-state index contributed by atoms with van der Waals surface area (Å²) in [4.78, 5) is 33.1. The predicted octanol–water partition coefficient (Wildman–Crippen LogP) is 0.631. The van der Waals surface area contributed by atoms with Crippen LogP contribution in [0.3, 0.4) is 0 Å². The van der Waals surface area contributed by atoms with Crippen LogP contribution in [0, 0.1) is 6.92 Å². The fourth-order valence-corrected chi connectivity index (χ4v) is 2.50. The van der Waals surface area contributed by atoms with Crippen LogP contribution in [0.5, 0.6) is 0 Å². The minimum absolute atomic E-state index is 0.104. The molecule has 0 saturated carbocycles. The van der Waals surface area contributed by atoms with Gasteiger partial charge in [0, 0.05) is 37.7 Å². The number of carbonyl (C=O) groups excluding carboxylic acids is 1. The number of nitrogens with one attached hydrogen (secondary N) is 1. The van der Waals surface area contributed by atoms with E-state index in [-0.39, 0.29) is 17.6 Å². The van der Waals surface area contributed by atoms with Crippen LogP contribution in [0.2, 0.25) is 0 Å². The monoisotopic (exact) mass is 302 g/mol. The molecular formula is C15H18N4O3. The van der Waals surface area contributed by atoms with Gasteiger partial charge in [-0.05, 0) is 13.0 Å². The quantitative estimate of drug-likeness (QED) is 0.882. The maximum Gasteiger partial charge on any atom is 0.255 e. The third-order valence-corrected chi connectivity index (χ3v) is 3.71. The Morgan fingerprint density at radius 2 is 2.27 bits per heavy atom. The van der Waals surface area contributed by atoms with Gasteiger partial charge < -0.3 is 19.2 Å². The molecule has 0 unspecified atom stereocenters. The van der Waals surface area contributed by atoms with E-state index >= 15 is 0 Å². The Morgan fingerprint density at radius 1 is 1.45 bits per heavy atom. The molecule has 1 aliphatic rings. The van der Waals surface area contributed by atoms with E-state index in [9.17, 15) is 9.59 Å². The standard InChI is InChI=1S/C15H18N4O3/c1-10-7-16-14(17-10)12-9-19(5-6-22-12)15(21)11-3-4-13(20)18(2)8-11/h3-4,7-8,12H,5-6,9H2,1-2H3,(H,16,17)/t12-/m0/s1.